The number of amides is 1. The molecular weight excluding hydrogens is 450 g/mol. The first-order valence-electron chi connectivity index (χ1n) is 9.23. The molecule has 1 fully saturated rings. The molecule has 2 aromatic carbocycles. The molecule has 0 unspecified atom stereocenters. The minimum Gasteiger partial charge on any atom is -0.488 e. The summed E-state index contributed by atoms with van der Waals surface area (Å²) in [6, 6.07) is 15.2. The first kappa shape index (κ1) is 21.2. The Morgan fingerprint density at radius 2 is 2.07 bits per heavy atom. The highest BCUT2D eigenvalue weighted by Gasteiger charge is 2.31. The summed E-state index contributed by atoms with van der Waals surface area (Å²) < 4.78 is 6.66. The van der Waals surface area contributed by atoms with Gasteiger partial charge in [0.2, 0.25) is 0 Å². The number of aliphatic imine (C=N–C) groups is 1. The zero-order valence-corrected chi connectivity index (χ0v) is 18.6. The van der Waals surface area contributed by atoms with Crippen molar-refractivity contribution in [3.05, 3.63) is 68.5 Å². The summed E-state index contributed by atoms with van der Waals surface area (Å²) in [7, 11) is 0. The molecule has 3 rings (SSSR count). The van der Waals surface area contributed by atoms with Gasteiger partial charge in [-0.1, -0.05) is 24.3 Å². The number of likely N-dealkylation sites (N-methyl/N-ethyl adjacent to an activating group) is 1. The number of hydrogen-bond donors (Lipinski definition) is 0. The average molecular weight is 470 g/mol. The molecular formula is C22H20BrN3O2S. The zero-order chi connectivity index (χ0) is 20.8. The Kier molecular flexibility index (Phi) is 7.13. The molecule has 2 aromatic rings. The van der Waals surface area contributed by atoms with Crippen LogP contribution in [0.25, 0.3) is 6.08 Å². The van der Waals surface area contributed by atoms with Gasteiger partial charge in [-0.2, -0.15) is 5.26 Å². The van der Waals surface area contributed by atoms with E-state index in [1.165, 1.54) is 11.8 Å². The summed E-state index contributed by atoms with van der Waals surface area (Å²) in [5.74, 6) is 0.656. The number of nitriles is 1. The summed E-state index contributed by atoms with van der Waals surface area (Å²) in [5, 5.41) is 9.94. The number of benzene rings is 2. The van der Waals surface area contributed by atoms with Crippen molar-refractivity contribution in [2.24, 2.45) is 4.99 Å². The number of hydrogen-bond acceptors (Lipinski definition) is 5. The molecule has 0 aromatic heterocycles. The molecule has 0 saturated carbocycles. The normalized spacial score (nSPS) is 16.5. The Morgan fingerprint density at radius 1 is 1.28 bits per heavy atom. The van der Waals surface area contributed by atoms with Crippen molar-refractivity contribution in [1.29, 1.82) is 5.26 Å². The lowest BCUT2D eigenvalue weighted by Crippen LogP contribution is -2.28. The minimum absolute atomic E-state index is 0.0192. The summed E-state index contributed by atoms with van der Waals surface area (Å²) in [6.45, 7) is 5.45. The van der Waals surface area contributed by atoms with Crippen molar-refractivity contribution in [3.8, 4) is 11.8 Å². The van der Waals surface area contributed by atoms with Crippen LogP contribution in [0.4, 0.5) is 0 Å². The minimum atomic E-state index is -0.0192. The number of rotatable bonds is 6. The van der Waals surface area contributed by atoms with Crippen molar-refractivity contribution in [2.75, 3.05) is 13.1 Å². The molecule has 0 spiro atoms. The standard InChI is InChI=1S/C22H20BrN3O2S/c1-3-25-22-26(4-2)21(27)20(29-22)12-15-9-10-19(18(23)11-15)28-14-17-8-6-5-7-16(17)13-24/h5-12H,3-4,14H2,1-2H3. The van der Waals surface area contributed by atoms with E-state index in [2.05, 4.69) is 27.0 Å². The van der Waals surface area contributed by atoms with Crippen molar-refractivity contribution < 1.29 is 9.53 Å². The number of thioether (sulfide) groups is 1. The van der Waals surface area contributed by atoms with Gasteiger partial charge in [0.1, 0.15) is 12.4 Å². The Labute approximate surface area is 183 Å². The van der Waals surface area contributed by atoms with Gasteiger partial charge < -0.3 is 4.74 Å². The smallest absolute Gasteiger partial charge is 0.266 e. The van der Waals surface area contributed by atoms with Gasteiger partial charge in [0.25, 0.3) is 5.91 Å². The predicted molar refractivity (Wildman–Crippen MR) is 121 cm³/mol. The highest BCUT2D eigenvalue weighted by atomic mass is 79.9. The van der Waals surface area contributed by atoms with Gasteiger partial charge in [-0.05, 0) is 71.4 Å². The first-order chi connectivity index (χ1) is 14.1. The summed E-state index contributed by atoms with van der Waals surface area (Å²) in [5.41, 5.74) is 2.33. The molecule has 0 atom stereocenters. The van der Waals surface area contributed by atoms with E-state index in [1.807, 2.05) is 56.3 Å². The van der Waals surface area contributed by atoms with Crippen LogP contribution in [0.5, 0.6) is 5.75 Å². The highest BCUT2D eigenvalue weighted by Crippen LogP contribution is 2.34. The third-order valence-electron chi connectivity index (χ3n) is 4.27. The van der Waals surface area contributed by atoms with E-state index in [0.717, 1.165) is 20.8 Å². The molecule has 1 aliphatic rings. The SMILES string of the molecule is CCN=C1SC(=Cc2ccc(OCc3ccccc3C#N)c(Br)c2)C(=O)N1CC. The molecule has 0 aliphatic carbocycles. The van der Waals surface area contributed by atoms with Crippen LogP contribution >= 0.6 is 27.7 Å². The lowest BCUT2D eigenvalue weighted by atomic mass is 10.1. The van der Waals surface area contributed by atoms with Crippen LogP contribution in [0.2, 0.25) is 0 Å². The molecule has 1 saturated heterocycles. The Morgan fingerprint density at radius 3 is 2.76 bits per heavy atom. The second-order valence-electron chi connectivity index (χ2n) is 6.16. The van der Waals surface area contributed by atoms with E-state index in [-0.39, 0.29) is 5.91 Å². The molecule has 0 bridgehead atoms. The van der Waals surface area contributed by atoms with E-state index >= 15 is 0 Å². The van der Waals surface area contributed by atoms with Crippen LogP contribution in [0.3, 0.4) is 0 Å². The maximum absolute atomic E-state index is 12.6. The third kappa shape index (κ3) is 4.89. The van der Waals surface area contributed by atoms with E-state index in [9.17, 15) is 10.1 Å². The number of carbonyl (C=O) groups is 1. The predicted octanol–water partition coefficient (Wildman–Crippen LogP) is 5.21. The highest BCUT2D eigenvalue weighted by molar-refractivity contribution is 9.10. The molecule has 0 radical (unpaired) electrons. The number of nitrogens with zero attached hydrogens (tertiary/aromatic N) is 3. The number of halogens is 1. The van der Waals surface area contributed by atoms with Crippen LogP contribution in [0.1, 0.15) is 30.5 Å². The van der Waals surface area contributed by atoms with Crippen molar-refractivity contribution in [1.82, 2.24) is 4.90 Å². The lowest BCUT2D eigenvalue weighted by molar-refractivity contribution is -0.122. The lowest BCUT2D eigenvalue weighted by Gasteiger charge is -2.11. The summed E-state index contributed by atoms with van der Waals surface area (Å²) >= 11 is 4.94. The van der Waals surface area contributed by atoms with Gasteiger partial charge in [0.15, 0.2) is 5.17 Å². The van der Waals surface area contributed by atoms with E-state index in [0.29, 0.717) is 35.9 Å². The molecule has 29 heavy (non-hydrogen) atoms. The molecule has 1 amide bonds. The van der Waals surface area contributed by atoms with Gasteiger partial charge in [0, 0.05) is 18.7 Å². The molecule has 0 N–H and O–H groups in total. The van der Waals surface area contributed by atoms with Crippen molar-refractivity contribution in [3.63, 3.8) is 0 Å². The van der Waals surface area contributed by atoms with Crippen molar-refractivity contribution in [2.45, 2.75) is 20.5 Å². The second-order valence-corrected chi connectivity index (χ2v) is 8.03. The van der Waals surface area contributed by atoms with Gasteiger partial charge in [0.05, 0.1) is 21.0 Å². The average Bonchev–Trinajstić information content (AvgIpc) is 3.02. The topological polar surface area (TPSA) is 65.7 Å². The van der Waals surface area contributed by atoms with Crippen LogP contribution in [0.15, 0.2) is 56.8 Å². The van der Waals surface area contributed by atoms with Crippen molar-refractivity contribution >= 4 is 44.8 Å². The summed E-state index contributed by atoms with van der Waals surface area (Å²) in [4.78, 5) is 19.3. The zero-order valence-electron chi connectivity index (χ0n) is 16.2. The van der Waals surface area contributed by atoms with Gasteiger partial charge in [-0.15, -0.1) is 0 Å². The second kappa shape index (κ2) is 9.77. The number of carbonyl (C=O) groups excluding carboxylic acids is 1. The van der Waals surface area contributed by atoms with Gasteiger partial charge >= 0.3 is 0 Å². The molecule has 7 heteroatoms. The van der Waals surface area contributed by atoms with Crippen LogP contribution < -0.4 is 4.74 Å². The first-order valence-corrected chi connectivity index (χ1v) is 10.8. The fraction of sp³-hybridized carbons (Fsp3) is 0.227. The van der Waals surface area contributed by atoms with Crippen LogP contribution in [-0.2, 0) is 11.4 Å². The fourth-order valence-corrected chi connectivity index (χ4v) is 4.44. The van der Waals surface area contributed by atoms with E-state index in [4.69, 9.17) is 4.74 Å². The molecule has 1 aliphatic heterocycles. The third-order valence-corrected chi connectivity index (χ3v) is 5.94. The van der Waals surface area contributed by atoms with Crippen LogP contribution in [0, 0.1) is 11.3 Å². The largest absolute Gasteiger partial charge is 0.488 e. The van der Waals surface area contributed by atoms with Crippen LogP contribution in [-0.4, -0.2) is 29.1 Å². The Balaban J connectivity index is 1.76. The number of amidine groups is 1. The monoisotopic (exact) mass is 469 g/mol. The molecule has 5 nitrogen and oxygen atoms in total. The number of ether oxygens (including phenoxy) is 1. The quantitative estimate of drug-likeness (QED) is 0.544. The van der Waals surface area contributed by atoms with E-state index in [1.54, 1.807) is 11.0 Å². The summed E-state index contributed by atoms with van der Waals surface area (Å²) in [6.07, 6.45) is 1.87. The molecule has 1 heterocycles. The van der Waals surface area contributed by atoms with Gasteiger partial charge in [-0.3, -0.25) is 14.7 Å². The molecule has 148 valence electrons. The van der Waals surface area contributed by atoms with Gasteiger partial charge in [-0.25, -0.2) is 0 Å². The van der Waals surface area contributed by atoms with E-state index < -0.39 is 0 Å². The Hall–Kier alpha value is -2.56. The Bertz CT molecular complexity index is 1030. The maximum Gasteiger partial charge on any atom is 0.266 e. The fourth-order valence-electron chi connectivity index (χ4n) is 2.83. The maximum atomic E-state index is 12.6.